The fourth-order valence-electron chi connectivity index (χ4n) is 3.23. The summed E-state index contributed by atoms with van der Waals surface area (Å²) in [6, 6.07) is 6.58. The third kappa shape index (κ3) is 5.31. The van der Waals surface area contributed by atoms with Crippen molar-refractivity contribution in [1.29, 1.82) is 0 Å². The number of anilines is 1. The van der Waals surface area contributed by atoms with Crippen molar-refractivity contribution in [3.05, 3.63) is 53.2 Å². The normalized spacial score (nSPS) is 15.0. The quantitative estimate of drug-likeness (QED) is 0.564. The molecule has 3 rings (SSSR count). The van der Waals surface area contributed by atoms with Crippen molar-refractivity contribution in [3.63, 3.8) is 0 Å². The lowest BCUT2D eigenvalue weighted by atomic mass is 10.1. The van der Waals surface area contributed by atoms with Gasteiger partial charge in [0.15, 0.2) is 0 Å². The number of hydrogen-bond donors (Lipinski definition) is 0. The third-order valence-electron chi connectivity index (χ3n) is 4.66. The number of nitrogens with zero attached hydrogens (tertiary/aromatic N) is 4. The maximum Gasteiger partial charge on any atom is 0.410 e. The Morgan fingerprint density at radius 2 is 1.90 bits per heavy atom. The Bertz CT molecular complexity index is 942. The van der Waals surface area contributed by atoms with Gasteiger partial charge in [0.25, 0.3) is 0 Å². The fraction of sp³-hybridized carbons (Fsp3) is 0.455. The van der Waals surface area contributed by atoms with Gasteiger partial charge in [0.05, 0.1) is 5.56 Å². The number of carbonyl (C=O) groups excluding carboxylic acids is 2. The molecule has 0 radical (unpaired) electrons. The molecule has 1 aliphatic heterocycles. The molecule has 2 aromatic heterocycles. The van der Waals surface area contributed by atoms with Crippen LogP contribution in [0.3, 0.4) is 0 Å². The van der Waals surface area contributed by atoms with Crippen LogP contribution in [-0.4, -0.2) is 58.5 Å². The molecule has 0 saturated carbocycles. The molecular weight excluding hydrogens is 387 g/mol. The molecule has 8 heteroatoms. The van der Waals surface area contributed by atoms with Crippen LogP contribution in [0.2, 0.25) is 0 Å². The van der Waals surface area contributed by atoms with Crippen LogP contribution in [0.4, 0.5) is 15.0 Å². The molecule has 0 atom stereocenters. The molecule has 0 unspecified atom stereocenters. The second-order valence-electron chi connectivity index (χ2n) is 8.37. The van der Waals surface area contributed by atoms with Gasteiger partial charge in [-0.05, 0) is 57.9 Å². The van der Waals surface area contributed by atoms with Gasteiger partial charge in [-0.15, -0.1) is 0 Å². The van der Waals surface area contributed by atoms with Gasteiger partial charge in [0.2, 0.25) is 11.7 Å². The second kappa shape index (κ2) is 8.77. The molecule has 1 amide bonds. The Hall–Kier alpha value is -3.03. The van der Waals surface area contributed by atoms with Gasteiger partial charge >= 0.3 is 6.09 Å². The second-order valence-corrected chi connectivity index (χ2v) is 8.37. The summed E-state index contributed by atoms with van der Waals surface area (Å²) >= 11 is 0. The van der Waals surface area contributed by atoms with Gasteiger partial charge in [-0.25, -0.2) is 14.8 Å². The lowest BCUT2D eigenvalue weighted by molar-refractivity contribution is 0.0263. The lowest BCUT2D eigenvalue weighted by Gasteiger charge is -2.26. The maximum absolute atomic E-state index is 14.0. The van der Waals surface area contributed by atoms with Crippen molar-refractivity contribution in [2.24, 2.45) is 0 Å². The minimum atomic E-state index is -0.805. The first-order valence-corrected chi connectivity index (χ1v) is 10.0. The minimum absolute atomic E-state index is 0.0911. The monoisotopic (exact) mass is 414 g/mol. The summed E-state index contributed by atoms with van der Waals surface area (Å²) in [5, 5.41) is 0. The predicted octanol–water partition coefficient (Wildman–Crippen LogP) is 3.60. The van der Waals surface area contributed by atoms with E-state index in [0.717, 1.165) is 6.42 Å². The van der Waals surface area contributed by atoms with E-state index in [9.17, 15) is 14.0 Å². The van der Waals surface area contributed by atoms with Crippen molar-refractivity contribution in [2.75, 3.05) is 31.1 Å². The zero-order chi connectivity index (χ0) is 21.9. The predicted molar refractivity (Wildman–Crippen MR) is 111 cm³/mol. The molecule has 2 aromatic rings. The number of aromatic nitrogens is 2. The van der Waals surface area contributed by atoms with E-state index in [0.29, 0.717) is 37.6 Å². The van der Waals surface area contributed by atoms with E-state index in [4.69, 9.17) is 4.74 Å². The van der Waals surface area contributed by atoms with E-state index in [1.165, 1.54) is 12.3 Å². The number of ketones is 1. The number of pyridine rings is 2. The molecule has 0 aromatic carbocycles. The van der Waals surface area contributed by atoms with E-state index >= 15 is 0 Å². The highest BCUT2D eigenvalue weighted by atomic mass is 19.1. The van der Waals surface area contributed by atoms with Crippen molar-refractivity contribution in [1.82, 2.24) is 14.9 Å². The van der Waals surface area contributed by atoms with Crippen LogP contribution in [0, 0.1) is 12.9 Å². The number of carbonyl (C=O) groups is 2. The van der Waals surface area contributed by atoms with Gasteiger partial charge in [-0.2, -0.15) is 4.39 Å². The molecule has 0 aliphatic carbocycles. The molecule has 1 aliphatic rings. The lowest BCUT2D eigenvalue weighted by Crippen LogP contribution is -2.39. The van der Waals surface area contributed by atoms with Crippen LogP contribution in [0.5, 0.6) is 0 Å². The molecule has 160 valence electrons. The van der Waals surface area contributed by atoms with Crippen LogP contribution >= 0.6 is 0 Å². The first-order chi connectivity index (χ1) is 14.1. The summed E-state index contributed by atoms with van der Waals surface area (Å²) in [7, 11) is 0. The fourth-order valence-corrected chi connectivity index (χ4v) is 3.23. The van der Waals surface area contributed by atoms with Crippen LogP contribution in [0.25, 0.3) is 0 Å². The highest BCUT2D eigenvalue weighted by Gasteiger charge is 2.25. The maximum atomic E-state index is 14.0. The summed E-state index contributed by atoms with van der Waals surface area (Å²) in [5.41, 5.74) is 0.225. The first-order valence-electron chi connectivity index (χ1n) is 10.0. The van der Waals surface area contributed by atoms with Crippen molar-refractivity contribution < 1.29 is 18.7 Å². The summed E-state index contributed by atoms with van der Waals surface area (Å²) in [6.45, 7) is 9.60. The van der Waals surface area contributed by atoms with E-state index in [-0.39, 0.29) is 17.4 Å². The largest absolute Gasteiger partial charge is 0.444 e. The van der Waals surface area contributed by atoms with Crippen LogP contribution in [0.15, 0.2) is 30.5 Å². The highest BCUT2D eigenvalue weighted by Crippen LogP contribution is 2.19. The number of hydrogen-bond acceptors (Lipinski definition) is 6. The Labute approximate surface area is 175 Å². The van der Waals surface area contributed by atoms with Crippen molar-refractivity contribution in [3.8, 4) is 0 Å². The Balaban J connectivity index is 1.74. The summed E-state index contributed by atoms with van der Waals surface area (Å²) in [6.07, 6.45) is 1.79. The molecule has 0 spiro atoms. The van der Waals surface area contributed by atoms with Crippen molar-refractivity contribution in [2.45, 2.75) is 39.7 Å². The Kier molecular flexibility index (Phi) is 6.34. The summed E-state index contributed by atoms with van der Waals surface area (Å²) in [5.74, 6) is -0.691. The third-order valence-corrected chi connectivity index (χ3v) is 4.66. The van der Waals surface area contributed by atoms with Gasteiger partial charge in [-0.1, -0.05) is 6.07 Å². The zero-order valence-corrected chi connectivity index (χ0v) is 17.8. The highest BCUT2D eigenvalue weighted by molar-refractivity contribution is 6.07. The number of ether oxygens (including phenoxy) is 1. The molecular formula is C22H27FN4O3. The molecule has 0 N–H and O–H groups in total. The SMILES string of the molecule is Cc1cnc(F)c(C(=O)c2cccc(N3CCCN(C(=O)OC(C)(C)C)CC3)n2)c1. The zero-order valence-electron chi connectivity index (χ0n) is 17.8. The molecule has 1 fully saturated rings. The minimum Gasteiger partial charge on any atom is -0.444 e. The Morgan fingerprint density at radius 1 is 1.13 bits per heavy atom. The molecule has 7 nitrogen and oxygen atoms in total. The van der Waals surface area contributed by atoms with Gasteiger partial charge in [0, 0.05) is 32.4 Å². The van der Waals surface area contributed by atoms with Gasteiger partial charge in [-0.3, -0.25) is 4.79 Å². The van der Waals surface area contributed by atoms with E-state index in [2.05, 4.69) is 9.97 Å². The van der Waals surface area contributed by atoms with Crippen LogP contribution in [-0.2, 0) is 4.74 Å². The molecule has 0 bridgehead atoms. The number of aryl methyl sites for hydroxylation is 1. The molecule has 30 heavy (non-hydrogen) atoms. The number of halogens is 1. The summed E-state index contributed by atoms with van der Waals surface area (Å²) < 4.78 is 19.5. The van der Waals surface area contributed by atoms with Crippen LogP contribution < -0.4 is 4.90 Å². The van der Waals surface area contributed by atoms with Gasteiger partial charge in [0.1, 0.15) is 17.1 Å². The average Bonchev–Trinajstić information content (AvgIpc) is 2.94. The first kappa shape index (κ1) is 21.7. The summed E-state index contributed by atoms with van der Waals surface area (Å²) in [4.78, 5) is 36.9. The van der Waals surface area contributed by atoms with E-state index < -0.39 is 17.3 Å². The number of amides is 1. The molecule has 1 saturated heterocycles. The topological polar surface area (TPSA) is 75.6 Å². The standard InChI is InChI=1S/C22H27FN4O3/c1-15-13-16(20(23)24-14-15)19(28)17-7-5-8-18(25-17)26-9-6-10-27(12-11-26)21(29)30-22(2,3)4/h5,7-8,13-14H,6,9-12H2,1-4H3. The molecule has 3 heterocycles. The van der Waals surface area contributed by atoms with Gasteiger partial charge < -0.3 is 14.5 Å². The van der Waals surface area contributed by atoms with Crippen LogP contribution in [0.1, 0.15) is 48.8 Å². The Morgan fingerprint density at radius 3 is 2.63 bits per heavy atom. The number of rotatable bonds is 3. The smallest absolute Gasteiger partial charge is 0.410 e. The van der Waals surface area contributed by atoms with Crippen molar-refractivity contribution >= 4 is 17.7 Å². The van der Waals surface area contributed by atoms with E-state index in [1.807, 2.05) is 31.7 Å². The average molecular weight is 414 g/mol. The van der Waals surface area contributed by atoms with E-state index in [1.54, 1.807) is 24.0 Å².